The van der Waals surface area contributed by atoms with Crippen molar-refractivity contribution in [3.8, 4) is 0 Å². The van der Waals surface area contributed by atoms with Gasteiger partial charge in [0.1, 0.15) is 0 Å². The van der Waals surface area contributed by atoms with E-state index in [9.17, 15) is 9.59 Å². The molecule has 0 bridgehead atoms. The van der Waals surface area contributed by atoms with Crippen LogP contribution in [0.25, 0.3) is 0 Å². The summed E-state index contributed by atoms with van der Waals surface area (Å²) >= 11 is 0. The molecule has 2 unspecified atom stereocenters. The van der Waals surface area contributed by atoms with Crippen molar-refractivity contribution in [2.45, 2.75) is 52.1 Å². The molecule has 0 aliphatic heterocycles. The lowest BCUT2D eigenvalue weighted by Gasteiger charge is -2.29. The van der Waals surface area contributed by atoms with Crippen LogP contribution in [0.15, 0.2) is 25.3 Å². The van der Waals surface area contributed by atoms with E-state index in [2.05, 4.69) is 13.2 Å². The maximum atomic E-state index is 11.1. The number of hydrogen-bond donors (Lipinski definition) is 0. The molecule has 0 saturated heterocycles. The summed E-state index contributed by atoms with van der Waals surface area (Å²) in [7, 11) is 0. The smallest absolute Gasteiger partial charge is 0.332 e. The molecule has 2 atom stereocenters. The third kappa shape index (κ3) is 8.26. The van der Waals surface area contributed by atoms with Gasteiger partial charge >= 0.3 is 11.9 Å². The highest BCUT2D eigenvalue weighted by Gasteiger charge is 2.23. The molecule has 0 aromatic heterocycles. The largest absolute Gasteiger partial charge is 0.433 e. The standard InChI is InChI=1S/C18H28O6/c1-5-17(19)23-13(3)21-11-15-7-9-16(10-8-15)12-22-14(4)24-18(20)6-2/h5-6,13-16H,1-2,7-12H2,3-4H3. The summed E-state index contributed by atoms with van der Waals surface area (Å²) in [5.41, 5.74) is 0. The molecule has 0 N–H and O–H groups in total. The van der Waals surface area contributed by atoms with Gasteiger partial charge in [-0.2, -0.15) is 0 Å². The van der Waals surface area contributed by atoms with Gasteiger partial charge < -0.3 is 18.9 Å². The van der Waals surface area contributed by atoms with Crippen LogP contribution in [0.3, 0.4) is 0 Å². The monoisotopic (exact) mass is 340 g/mol. The summed E-state index contributed by atoms with van der Waals surface area (Å²) in [5.74, 6) is -0.0337. The van der Waals surface area contributed by atoms with Gasteiger partial charge in [-0.15, -0.1) is 0 Å². The number of carbonyl (C=O) groups is 2. The molecule has 1 saturated carbocycles. The molecule has 0 amide bonds. The fourth-order valence-corrected chi connectivity index (χ4v) is 2.60. The van der Waals surface area contributed by atoms with Gasteiger partial charge in [-0.3, -0.25) is 0 Å². The van der Waals surface area contributed by atoms with Gasteiger partial charge in [0.15, 0.2) is 12.6 Å². The summed E-state index contributed by atoms with van der Waals surface area (Å²) in [5, 5.41) is 0. The Morgan fingerprint density at radius 3 is 1.50 bits per heavy atom. The van der Waals surface area contributed by atoms with Crippen molar-refractivity contribution in [2.24, 2.45) is 11.8 Å². The van der Waals surface area contributed by atoms with E-state index in [1.165, 1.54) is 0 Å². The normalized spacial score (nSPS) is 22.9. The van der Waals surface area contributed by atoms with Crippen molar-refractivity contribution >= 4 is 11.9 Å². The van der Waals surface area contributed by atoms with E-state index in [4.69, 9.17) is 18.9 Å². The Kier molecular flexibility index (Phi) is 9.34. The Hall–Kier alpha value is -1.66. The Bertz CT molecular complexity index is 385. The Morgan fingerprint density at radius 2 is 1.21 bits per heavy atom. The second-order valence-corrected chi connectivity index (χ2v) is 5.97. The first-order valence-electron chi connectivity index (χ1n) is 8.33. The van der Waals surface area contributed by atoms with E-state index in [1.807, 2.05) is 0 Å². The third-order valence-electron chi connectivity index (χ3n) is 4.00. The van der Waals surface area contributed by atoms with Gasteiger partial charge in [-0.05, 0) is 51.4 Å². The van der Waals surface area contributed by atoms with Crippen molar-refractivity contribution in [1.29, 1.82) is 0 Å². The lowest BCUT2D eigenvalue weighted by Crippen LogP contribution is -2.26. The molecule has 24 heavy (non-hydrogen) atoms. The summed E-state index contributed by atoms with van der Waals surface area (Å²) in [6, 6.07) is 0. The zero-order valence-electron chi connectivity index (χ0n) is 14.6. The van der Waals surface area contributed by atoms with E-state index in [0.717, 1.165) is 37.8 Å². The van der Waals surface area contributed by atoms with Gasteiger partial charge in [0.05, 0.1) is 13.2 Å². The van der Waals surface area contributed by atoms with Crippen LogP contribution in [-0.2, 0) is 28.5 Å². The number of rotatable bonds is 10. The molecule has 0 aromatic carbocycles. The number of esters is 2. The van der Waals surface area contributed by atoms with Crippen molar-refractivity contribution in [1.82, 2.24) is 0 Å². The highest BCUT2D eigenvalue weighted by atomic mass is 16.7. The lowest BCUT2D eigenvalue weighted by molar-refractivity contribution is -0.175. The maximum Gasteiger partial charge on any atom is 0.332 e. The van der Waals surface area contributed by atoms with E-state index >= 15 is 0 Å². The molecule has 0 spiro atoms. The molecular weight excluding hydrogens is 312 g/mol. The highest BCUT2D eigenvalue weighted by molar-refractivity contribution is 5.81. The predicted octanol–water partition coefficient (Wildman–Crippen LogP) is 2.98. The minimum atomic E-state index is -0.558. The average Bonchev–Trinajstić information content (AvgIpc) is 2.58. The van der Waals surface area contributed by atoms with Crippen LogP contribution >= 0.6 is 0 Å². The second-order valence-electron chi connectivity index (χ2n) is 5.97. The van der Waals surface area contributed by atoms with E-state index < -0.39 is 24.5 Å². The van der Waals surface area contributed by atoms with Gasteiger partial charge in [0.25, 0.3) is 0 Å². The van der Waals surface area contributed by atoms with Crippen LogP contribution < -0.4 is 0 Å². The van der Waals surface area contributed by atoms with Gasteiger partial charge in [0, 0.05) is 12.2 Å². The van der Waals surface area contributed by atoms with Crippen LogP contribution in [-0.4, -0.2) is 37.7 Å². The summed E-state index contributed by atoms with van der Waals surface area (Å²) in [6.45, 7) is 11.3. The Balaban J connectivity index is 2.15. The SMILES string of the molecule is C=CC(=O)OC(C)OCC1CCC(COC(C)OC(=O)C=C)CC1. The van der Waals surface area contributed by atoms with Crippen molar-refractivity contribution in [3.05, 3.63) is 25.3 Å². The molecule has 0 aromatic rings. The molecule has 1 rings (SSSR count). The van der Waals surface area contributed by atoms with Crippen molar-refractivity contribution < 1.29 is 28.5 Å². The van der Waals surface area contributed by atoms with E-state index in [-0.39, 0.29) is 0 Å². The van der Waals surface area contributed by atoms with Crippen LogP contribution in [0.5, 0.6) is 0 Å². The first kappa shape index (κ1) is 20.4. The molecule has 1 fully saturated rings. The lowest BCUT2D eigenvalue weighted by atomic mass is 9.83. The zero-order valence-corrected chi connectivity index (χ0v) is 14.6. The van der Waals surface area contributed by atoms with Crippen LogP contribution in [0.4, 0.5) is 0 Å². The van der Waals surface area contributed by atoms with Gasteiger partial charge in [-0.25, -0.2) is 9.59 Å². The highest BCUT2D eigenvalue weighted by Crippen LogP contribution is 2.29. The molecule has 1 aliphatic carbocycles. The fraction of sp³-hybridized carbons (Fsp3) is 0.667. The number of ether oxygens (including phenoxy) is 4. The predicted molar refractivity (Wildman–Crippen MR) is 88.9 cm³/mol. The van der Waals surface area contributed by atoms with Crippen LogP contribution in [0, 0.1) is 11.8 Å². The fourth-order valence-electron chi connectivity index (χ4n) is 2.60. The number of carbonyl (C=O) groups excluding carboxylic acids is 2. The molecule has 0 heterocycles. The summed E-state index contributed by atoms with van der Waals surface area (Å²) < 4.78 is 21.0. The first-order chi connectivity index (χ1) is 11.4. The minimum Gasteiger partial charge on any atom is -0.433 e. The molecule has 1 aliphatic rings. The molecular formula is C18H28O6. The maximum absolute atomic E-state index is 11.1. The first-order valence-corrected chi connectivity index (χ1v) is 8.33. The Labute approximate surface area is 143 Å². The Morgan fingerprint density at radius 1 is 0.875 bits per heavy atom. The minimum absolute atomic E-state index is 0.460. The second kappa shape index (κ2) is 11.0. The third-order valence-corrected chi connectivity index (χ3v) is 4.00. The van der Waals surface area contributed by atoms with Gasteiger partial charge in [-0.1, -0.05) is 13.2 Å². The van der Waals surface area contributed by atoms with Crippen molar-refractivity contribution in [3.63, 3.8) is 0 Å². The van der Waals surface area contributed by atoms with E-state index in [0.29, 0.717) is 25.0 Å². The van der Waals surface area contributed by atoms with Crippen LogP contribution in [0.2, 0.25) is 0 Å². The quantitative estimate of drug-likeness (QED) is 0.346. The molecule has 136 valence electrons. The van der Waals surface area contributed by atoms with Crippen molar-refractivity contribution in [2.75, 3.05) is 13.2 Å². The van der Waals surface area contributed by atoms with Gasteiger partial charge in [0.2, 0.25) is 0 Å². The van der Waals surface area contributed by atoms with Crippen LogP contribution in [0.1, 0.15) is 39.5 Å². The summed E-state index contributed by atoms with van der Waals surface area (Å²) in [6.07, 6.45) is 5.28. The summed E-state index contributed by atoms with van der Waals surface area (Å²) in [4.78, 5) is 22.1. The average molecular weight is 340 g/mol. The van der Waals surface area contributed by atoms with E-state index in [1.54, 1.807) is 13.8 Å². The zero-order chi connectivity index (χ0) is 17.9. The number of hydrogen-bond acceptors (Lipinski definition) is 6. The topological polar surface area (TPSA) is 71.1 Å². The molecule has 0 radical (unpaired) electrons. The molecule has 6 nitrogen and oxygen atoms in total. The molecule has 6 heteroatoms.